The minimum atomic E-state index is -4.27. The van der Waals surface area contributed by atoms with E-state index in [2.05, 4.69) is 21.2 Å². The number of hydrogen-bond donors (Lipinski definition) is 2. The van der Waals surface area contributed by atoms with E-state index in [1.54, 1.807) is 6.07 Å². The summed E-state index contributed by atoms with van der Waals surface area (Å²) in [4.78, 5) is 11.6. The molecule has 0 aliphatic rings. The van der Waals surface area contributed by atoms with Crippen LogP contribution in [0.2, 0.25) is 0 Å². The van der Waals surface area contributed by atoms with Crippen molar-refractivity contribution in [3.05, 3.63) is 28.2 Å². The molecule has 0 bridgehead atoms. The summed E-state index contributed by atoms with van der Waals surface area (Å²) in [5.74, 6) is -0.649. The molecule has 0 aliphatic carbocycles. The number of rotatable bonds is 4. The van der Waals surface area contributed by atoms with Crippen LogP contribution < -0.4 is 11.1 Å². The standard InChI is InChI=1S/C10H10BrF3N2OS/c11-7-5-6(1-2-8(7)15)9(17)16-3-4-18-10(12,13)14/h1-2,5H,3-4,15H2,(H,16,17). The largest absolute Gasteiger partial charge is 0.441 e. The fourth-order valence-corrected chi connectivity index (χ4v) is 1.92. The number of nitrogens with one attached hydrogen (secondary N) is 1. The number of halogens is 4. The van der Waals surface area contributed by atoms with Gasteiger partial charge in [0.05, 0.1) is 0 Å². The summed E-state index contributed by atoms with van der Waals surface area (Å²) in [5, 5.41) is 2.40. The van der Waals surface area contributed by atoms with Crippen molar-refractivity contribution >= 4 is 39.3 Å². The molecular weight excluding hydrogens is 333 g/mol. The van der Waals surface area contributed by atoms with E-state index in [0.717, 1.165) is 0 Å². The van der Waals surface area contributed by atoms with Gasteiger partial charge in [0.15, 0.2) is 0 Å². The number of amides is 1. The maximum absolute atomic E-state index is 11.8. The van der Waals surface area contributed by atoms with Crippen LogP contribution >= 0.6 is 27.7 Å². The summed E-state index contributed by atoms with van der Waals surface area (Å²) in [6.45, 7) is -0.0506. The number of carbonyl (C=O) groups is 1. The van der Waals surface area contributed by atoms with E-state index in [1.807, 2.05) is 0 Å². The van der Waals surface area contributed by atoms with Gasteiger partial charge in [0.2, 0.25) is 0 Å². The Morgan fingerprint density at radius 2 is 2.11 bits per heavy atom. The lowest BCUT2D eigenvalue weighted by atomic mass is 10.2. The van der Waals surface area contributed by atoms with Gasteiger partial charge in [0, 0.05) is 28.0 Å². The lowest BCUT2D eigenvalue weighted by Gasteiger charge is -2.08. The first-order valence-electron chi connectivity index (χ1n) is 4.83. The maximum atomic E-state index is 11.8. The van der Waals surface area contributed by atoms with E-state index < -0.39 is 11.4 Å². The molecule has 1 aromatic carbocycles. The van der Waals surface area contributed by atoms with Gasteiger partial charge in [-0.2, -0.15) is 13.2 Å². The third-order valence-electron chi connectivity index (χ3n) is 1.92. The Labute approximate surface area is 114 Å². The highest BCUT2D eigenvalue weighted by atomic mass is 79.9. The zero-order valence-corrected chi connectivity index (χ0v) is 11.5. The summed E-state index contributed by atoms with van der Waals surface area (Å²) in [7, 11) is 0. The zero-order chi connectivity index (χ0) is 13.8. The van der Waals surface area contributed by atoms with E-state index in [1.165, 1.54) is 12.1 Å². The van der Waals surface area contributed by atoms with Crippen LogP contribution in [0.15, 0.2) is 22.7 Å². The average Bonchev–Trinajstić information content (AvgIpc) is 2.26. The molecule has 0 atom stereocenters. The third-order valence-corrected chi connectivity index (χ3v) is 3.34. The molecule has 0 aliphatic heterocycles. The van der Waals surface area contributed by atoms with Gasteiger partial charge in [-0.1, -0.05) is 0 Å². The third kappa shape index (κ3) is 5.18. The van der Waals surface area contributed by atoms with Crippen molar-refractivity contribution in [3.63, 3.8) is 0 Å². The second-order valence-electron chi connectivity index (χ2n) is 3.29. The van der Waals surface area contributed by atoms with Crippen LogP contribution in [0, 0.1) is 0 Å². The molecule has 0 saturated carbocycles. The molecule has 1 amide bonds. The molecule has 1 aromatic rings. The predicted octanol–water partition coefficient (Wildman–Crippen LogP) is 3.01. The summed E-state index contributed by atoms with van der Waals surface area (Å²) in [6.07, 6.45) is 0. The molecule has 0 saturated heterocycles. The van der Waals surface area contributed by atoms with Gasteiger partial charge in [0.1, 0.15) is 0 Å². The summed E-state index contributed by atoms with van der Waals surface area (Å²) >= 11 is 3.00. The van der Waals surface area contributed by atoms with Gasteiger partial charge in [-0.05, 0) is 45.9 Å². The van der Waals surface area contributed by atoms with Crippen LogP contribution in [-0.4, -0.2) is 23.7 Å². The molecule has 3 nitrogen and oxygen atoms in total. The first-order chi connectivity index (χ1) is 8.29. The van der Waals surface area contributed by atoms with Crippen molar-refractivity contribution in [2.45, 2.75) is 5.51 Å². The van der Waals surface area contributed by atoms with Crippen molar-refractivity contribution in [2.24, 2.45) is 0 Å². The van der Waals surface area contributed by atoms with E-state index in [9.17, 15) is 18.0 Å². The minimum Gasteiger partial charge on any atom is -0.398 e. The smallest absolute Gasteiger partial charge is 0.398 e. The molecule has 1 rings (SSSR count). The summed E-state index contributed by atoms with van der Waals surface area (Å²) in [6, 6.07) is 4.57. The Hall–Kier alpha value is -0.890. The Morgan fingerprint density at radius 3 is 2.67 bits per heavy atom. The normalized spacial score (nSPS) is 11.3. The number of hydrogen-bond acceptors (Lipinski definition) is 3. The van der Waals surface area contributed by atoms with Crippen molar-refractivity contribution in [1.82, 2.24) is 5.32 Å². The van der Waals surface area contributed by atoms with E-state index in [-0.39, 0.29) is 24.1 Å². The monoisotopic (exact) mass is 342 g/mol. The molecule has 18 heavy (non-hydrogen) atoms. The number of benzene rings is 1. The molecule has 0 spiro atoms. The van der Waals surface area contributed by atoms with Crippen LogP contribution in [0.4, 0.5) is 18.9 Å². The molecular formula is C10H10BrF3N2OS. The average molecular weight is 343 g/mol. The van der Waals surface area contributed by atoms with Crippen LogP contribution in [0.25, 0.3) is 0 Å². The zero-order valence-electron chi connectivity index (χ0n) is 9.05. The summed E-state index contributed by atoms with van der Waals surface area (Å²) in [5.41, 5.74) is 2.11. The quantitative estimate of drug-likeness (QED) is 0.653. The molecule has 3 N–H and O–H groups in total. The highest BCUT2D eigenvalue weighted by Gasteiger charge is 2.27. The second kappa shape index (κ2) is 6.33. The highest BCUT2D eigenvalue weighted by molar-refractivity contribution is 9.10. The molecule has 0 fully saturated rings. The van der Waals surface area contributed by atoms with Crippen molar-refractivity contribution in [1.29, 1.82) is 0 Å². The number of carbonyl (C=O) groups excluding carboxylic acids is 1. The van der Waals surface area contributed by atoms with Crippen LogP contribution in [-0.2, 0) is 0 Å². The number of nitrogens with two attached hydrogens (primary N) is 1. The molecule has 8 heteroatoms. The first kappa shape index (κ1) is 15.2. The lowest BCUT2D eigenvalue weighted by Crippen LogP contribution is -2.26. The van der Waals surface area contributed by atoms with E-state index >= 15 is 0 Å². The summed E-state index contributed by atoms with van der Waals surface area (Å²) < 4.78 is 36.1. The second-order valence-corrected chi connectivity index (χ2v) is 5.30. The minimum absolute atomic E-state index is 0.0506. The Kier molecular flexibility index (Phi) is 5.33. The lowest BCUT2D eigenvalue weighted by molar-refractivity contribution is -0.0327. The molecule has 0 heterocycles. The van der Waals surface area contributed by atoms with Gasteiger partial charge >= 0.3 is 5.51 Å². The van der Waals surface area contributed by atoms with Crippen LogP contribution in [0.5, 0.6) is 0 Å². The Bertz CT molecular complexity index is 440. The van der Waals surface area contributed by atoms with Gasteiger partial charge in [-0.15, -0.1) is 0 Å². The van der Waals surface area contributed by atoms with Gasteiger partial charge in [0.25, 0.3) is 5.91 Å². The van der Waals surface area contributed by atoms with Crippen molar-refractivity contribution in [2.75, 3.05) is 18.0 Å². The van der Waals surface area contributed by atoms with Crippen molar-refractivity contribution < 1.29 is 18.0 Å². The fraction of sp³-hybridized carbons (Fsp3) is 0.300. The van der Waals surface area contributed by atoms with Crippen LogP contribution in [0.3, 0.4) is 0 Å². The number of nitrogen functional groups attached to an aromatic ring is 1. The SMILES string of the molecule is Nc1ccc(C(=O)NCCSC(F)(F)F)cc1Br. The topological polar surface area (TPSA) is 55.1 Å². The van der Waals surface area contributed by atoms with E-state index in [4.69, 9.17) is 5.73 Å². The van der Waals surface area contributed by atoms with Gasteiger partial charge in [-0.25, -0.2) is 0 Å². The molecule has 0 unspecified atom stereocenters. The predicted molar refractivity (Wildman–Crippen MR) is 69.4 cm³/mol. The Balaban J connectivity index is 2.43. The van der Waals surface area contributed by atoms with Crippen molar-refractivity contribution in [3.8, 4) is 0 Å². The number of thioether (sulfide) groups is 1. The maximum Gasteiger partial charge on any atom is 0.441 e. The van der Waals surface area contributed by atoms with E-state index in [0.29, 0.717) is 15.7 Å². The van der Waals surface area contributed by atoms with Gasteiger partial charge < -0.3 is 11.1 Å². The number of anilines is 1. The molecule has 0 radical (unpaired) electrons. The van der Waals surface area contributed by atoms with Crippen LogP contribution in [0.1, 0.15) is 10.4 Å². The molecule has 100 valence electrons. The first-order valence-corrected chi connectivity index (χ1v) is 6.61. The molecule has 0 aromatic heterocycles. The highest BCUT2D eigenvalue weighted by Crippen LogP contribution is 2.29. The van der Waals surface area contributed by atoms with Gasteiger partial charge in [-0.3, -0.25) is 4.79 Å². The fourth-order valence-electron chi connectivity index (χ4n) is 1.10. The Morgan fingerprint density at radius 1 is 1.44 bits per heavy atom. The number of alkyl halides is 3.